The Kier molecular flexibility index (Phi) is 4.44. The van der Waals surface area contributed by atoms with E-state index in [-0.39, 0.29) is 17.0 Å². The molecule has 1 aromatic heterocycles. The molecular formula is C11H14N2O3. The van der Waals surface area contributed by atoms with E-state index < -0.39 is 5.97 Å². The van der Waals surface area contributed by atoms with Crippen LogP contribution in [0.2, 0.25) is 0 Å². The van der Waals surface area contributed by atoms with Crippen molar-refractivity contribution in [1.82, 2.24) is 10.3 Å². The molecule has 2 N–H and O–H groups in total. The second-order valence-electron chi connectivity index (χ2n) is 3.38. The molecule has 1 heterocycles. The van der Waals surface area contributed by atoms with Gasteiger partial charge in [-0.2, -0.15) is 0 Å². The van der Waals surface area contributed by atoms with Crippen LogP contribution in [0.3, 0.4) is 0 Å². The highest BCUT2D eigenvalue weighted by Crippen LogP contribution is 2.02. The van der Waals surface area contributed by atoms with Gasteiger partial charge in [0.15, 0.2) is 0 Å². The number of nitrogens with zero attached hydrogens (tertiary/aromatic N) is 1. The van der Waals surface area contributed by atoms with Crippen LogP contribution < -0.4 is 5.32 Å². The molecule has 5 heteroatoms. The van der Waals surface area contributed by atoms with Gasteiger partial charge >= 0.3 is 5.97 Å². The maximum atomic E-state index is 11.6. The average Bonchev–Trinajstić information content (AvgIpc) is 2.29. The van der Waals surface area contributed by atoms with Gasteiger partial charge in [-0.25, -0.2) is 4.79 Å². The van der Waals surface area contributed by atoms with E-state index in [2.05, 4.69) is 10.3 Å². The van der Waals surface area contributed by atoms with E-state index in [1.807, 2.05) is 6.92 Å². The highest BCUT2D eigenvalue weighted by atomic mass is 16.4. The first-order valence-corrected chi connectivity index (χ1v) is 5.11. The maximum Gasteiger partial charge on any atom is 0.337 e. The Bertz CT molecular complexity index is 391. The first-order valence-electron chi connectivity index (χ1n) is 5.11. The lowest BCUT2D eigenvalue weighted by Gasteiger charge is -2.04. The molecule has 0 aliphatic heterocycles. The van der Waals surface area contributed by atoms with E-state index in [1.165, 1.54) is 18.5 Å². The van der Waals surface area contributed by atoms with E-state index in [0.29, 0.717) is 6.54 Å². The monoisotopic (exact) mass is 222 g/mol. The lowest BCUT2D eigenvalue weighted by Crippen LogP contribution is -2.24. The molecule has 0 atom stereocenters. The third-order valence-electron chi connectivity index (χ3n) is 2.06. The number of carbonyl (C=O) groups excluding carboxylic acids is 1. The van der Waals surface area contributed by atoms with Gasteiger partial charge in [-0.05, 0) is 12.5 Å². The minimum atomic E-state index is -1.09. The SMILES string of the molecule is CCCCNC(=O)c1cncc(C(=O)O)c1. The Morgan fingerprint density at radius 3 is 2.69 bits per heavy atom. The normalized spacial score (nSPS) is 9.81. The second-order valence-corrected chi connectivity index (χ2v) is 3.38. The summed E-state index contributed by atoms with van der Waals surface area (Å²) in [6.45, 7) is 2.62. The largest absolute Gasteiger partial charge is 0.478 e. The standard InChI is InChI=1S/C11H14N2O3/c1-2-3-4-13-10(14)8-5-9(11(15)16)7-12-6-8/h5-7H,2-4H2,1H3,(H,13,14)(H,15,16). The van der Waals surface area contributed by atoms with Gasteiger partial charge in [0, 0.05) is 18.9 Å². The Morgan fingerprint density at radius 2 is 2.06 bits per heavy atom. The Labute approximate surface area is 93.5 Å². The minimum absolute atomic E-state index is 0.0168. The van der Waals surface area contributed by atoms with Crippen molar-refractivity contribution in [3.8, 4) is 0 Å². The van der Waals surface area contributed by atoms with Gasteiger partial charge in [-0.1, -0.05) is 13.3 Å². The van der Waals surface area contributed by atoms with Crippen LogP contribution in [0.15, 0.2) is 18.5 Å². The quantitative estimate of drug-likeness (QED) is 0.736. The van der Waals surface area contributed by atoms with Crippen molar-refractivity contribution in [2.75, 3.05) is 6.54 Å². The first kappa shape index (κ1) is 12.2. The predicted molar refractivity (Wildman–Crippen MR) is 58.4 cm³/mol. The molecule has 1 rings (SSSR count). The van der Waals surface area contributed by atoms with Crippen molar-refractivity contribution in [2.24, 2.45) is 0 Å². The van der Waals surface area contributed by atoms with Crippen LogP contribution in [-0.2, 0) is 0 Å². The van der Waals surface area contributed by atoms with E-state index in [0.717, 1.165) is 12.8 Å². The molecule has 0 saturated carbocycles. The van der Waals surface area contributed by atoms with E-state index in [4.69, 9.17) is 5.11 Å². The fourth-order valence-corrected chi connectivity index (χ4v) is 1.16. The number of hydrogen-bond donors (Lipinski definition) is 2. The number of unbranched alkanes of at least 4 members (excludes halogenated alkanes) is 1. The minimum Gasteiger partial charge on any atom is -0.478 e. The molecule has 0 unspecified atom stereocenters. The van der Waals surface area contributed by atoms with Crippen molar-refractivity contribution in [2.45, 2.75) is 19.8 Å². The Morgan fingerprint density at radius 1 is 1.38 bits per heavy atom. The predicted octanol–water partition coefficient (Wildman–Crippen LogP) is 1.31. The molecular weight excluding hydrogens is 208 g/mol. The number of carbonyl (C=O) groups is 2. The molecule has 0 aromatic carbocycles. The molecule has 86 valence electrons. The van der Waals surface area contributed by atoms with Gasteiger partial charge in [0.25, 0.3) is 5.91 Å². The summed E-state index contributed by atoms with van der Waals surface area (Å²) in [5.74, 6) is -1.38. The number of aromatic nitrogens is 1. The van der Waals surface area contributed by atoms with Gasteiger partial charge in [-0.15, -0.1) is 0 Å². The van der Waals surface area contributed by atoms with Crippen LogP contribution in [-0.4, -0.2) is 28.5 Å². The molecule has 0 radical (unpaired) electrons. The van der Waals surface area contributed by atoms with Crippen LogP contribution in [0, 0.1) is 0 Å². The summed E-state index contributed by atoms with van der Waals surface area (Å²) in [4.78, 5) is 25.9. The first-order chi connectivity index (χ1) is 7.65. The highest BCUT2D eigenvalue weighted by Gasteiger charge is 2.09. The number of carboxylic acids is 1. The van der Waals surface area contributed by atoms with Gasteiger partial charge in [0.2, 0.25) is 0 Å². The van der Waals surface area contributed by atoms with E-state index in [9.17, 15) is 9.59 Å². The number of carboxylic acid groups (broad SMARTS) is 1. The van der Waals surface area contributed by atoms with E-state index >= 15 is 0 Å². The summed E-state index contributed by atoms with van der Waals surface area (Å²) >= 11 is 0. The summed E-state index contributed by atoms with van der Waals surface area (Å²) in [7, 11) is 0. The molecule has 0 bridgehead atoms. The van der Waals surface area contributed by atoms with Crippen molar-refractivity contribution in [3.63, 3.8) is 0 Å². The van der Waals surface area contributed by atoms with Crippen LogP contribution in [0.4, 0.5) is 0 Å². The summed E-state index contributed by atoms with van der Waals surface area (Å²) in [6.07, 6.45) is 4.46. The zero-order valence-electron chi connectivity index (χ0n) is 9.06. The van der Waals surface area contributed by atoms with Gasteiger partial charge < -0.3 is 10.4 Å². The third-order valence-corrected chi connectivity index (χ3v) is 2.06. The lowest BCUT2D eigenvalue weighted by atomic mass is 10.2. The average molecular weight is 222 g/mol. The molecule has 1 amide bonds. The number of aromatic carboxylic acids is 1. The molecule has 0 aliphatic rings. The highest BCUT2D eigenvalue weighted by molar-refractivity contribution is 5.96. The molecule has 5 nitrogen and oxygen atoms in total. The van der Waals surface area contributed by atoms with E-state index in [1.54, 1.807) is 0 Å². The number of amides is 1. The summed E-state index contributed by atoms with van der Waals surface area (Å²) in [5.41, 5.74) is 0.291. The van der Waals surface area contributed by atoms with Gasteiger partial charge in [0.05, 0.1) is 11.1 Å². The molecule has 0 aliphatic carbocycles. The van der Waals surface area contributed by atoms with Crippen LogP contribution in [0.1, 0.15) is 40.5 Å². The maximum absolute atomic E-state index is 11.6. The number of rotatable bonds is 5. The molecule has 1 aromatic rings. The zero-order chi connectivity index (χ0) is 12.0. The number of hydrogen-bond acceptors (Lipinski definition) is 3. The lowest BCUT2D eigenvalue weighted by molar-refractivity contribution is 0.0696. The van der Waals surface area contributed by atoms with Gasteiger partial charge in [0.1, 0.15) is 0 Å². The second kappa shape index (κ2) is 5.85. The fourth-order valence-electron chi connectivity index (χ4n) is 1.16. The summed E-state index contributed by atoms with van der Waals surface area (Å²) < 4.78 is 0. The Balaban J connectivity index is 2.68. The zero-order valence-corrected chi connectivity index (χ0v) is 9.06. The molecule has 0 fully saturated rings. The molecule has 0 saturated heterocycles. The third kappa shape index (κ3) is 3.34. The molecule has 0 spiro atoms. The Hall–Kier alpha value is -1.91. The van der Waals surface area contributed by atoms with Crippen molar-refractivity contribution >= 4 is 11.9 Å². The van der Waals surface area contributed by atoms with Crippen LogP contribution in [0.25, 0.3) is 0 Å². The topological polar surface area (TPSA) is 79.3 Å². The summed E-state index contributed by atoms with van der Waals surface area (Å²) in [5, 5.41) is 11.4. The van der Waals surface area contributed by atoms with Crippen molar-refractivity contribution in [1.29, 1.82) is 0 Å². The summed E-state index contributed by atoms with van der Waals surface area (Å²) in [6, 6.07) is 1.32. The van der Waals surface area contributed by atoms with Gasteiger partial charge in [-0.3, -0.25) is 9.78 Å². The number of nitrogens with one attached hydrogen (secondary N) is 1. The van der Waals surface area contributed by atoms with Crippen molar-refractivity contribution in [3.05, 3.63) is 29.6 Å². The fraction of sp³-hybridized carbons (Fsp3) is 0.364. The molecule has 16 heavy (non-hydrogen) atoms. The smallest absolute Gasteiger partial charge is 0.337 e. The van der Waals surface area contributed by atoms with Crippen LogP contribution >= 0.6 is 0 Å². The van der Waals surface area contributed by atoms with Crippen molar-refractivity contribution < 1.29 is 14.7 Å². The number of pyridine rings is 1. The van der Waals surface area contributed by atoms with Crippen LogP contribution in [0.5, 0.6) is 0 Å².